The van der Waals surface area contributed by atoms with E-state index in [4.69, 9.17) is 5.26 Å². The first-order chi connectivity index (χ1) is 7.77. The van der Waals surface area contributed by atoms with Crippen molar-refractivity contribution in [3.05, 3.63) is 34.9 Å². The molecule has 0 aliphatic carbocycles. The Morgan fingerprint density at radius 3 is 2.81 bits per heavy atom. The van der Waals surface area contributed by atoms with Gasteiger partial charge in [-0.3, -0.25) is 0 Å². The summed E-state index contributed by atoms with van der Waals surface area (Å²) in [5.74, 6) is 0.531. The summed E-state index contributed by atoms with van der Waals surface area (Å²) in [4.78, 5) is 0. The molecule has 0 radical (unpaired) electrons. The normalized spacial score (nSPS) is 17.6. The summed E-state index contributed by atoms with van der Waals surface area (Å²) < 4.78 is 0. The molecule has 16 heavy (non-hydrogen) atoms. The van der Waals surface area contributed by atoms with Gasteiger partial charge in [-0.1, -0.05) is 19.1 Å². The van der Waals surface area contributed by atoms with Gasteiger partial charge in [0.15, 0.2) is 0 Å². The summed E-state index contributed by atoms with van der Waals surface area (Å²) in [6, 6.07) is 8.04. The lowest BCUT2D eigenvalue weighted by Gasteiger charge is -2.31. The van der Waals surface area contributed by atoms with E-state index < -0.39 is 0 Å². The largest absolute Gasteiger partial charge is 0.396 e. The maximum atomic E-state index is 9.25. The summed E-state index contributed by atoms with van der Waals surface area (Å²) in [6.07, 6.45) is 0. The van der Waals surface area contributed by atoms with Crippen molar-refractivity contribution in [2.24, 2.45) is 0 Å². The van der Waals surface area contributed by atoms with Crippen molar-refractivity contribution in [1.29, 1.82) is 5.26 Å². The zero-order valence-corrected chi connectivity index (χ0v) is 9.40. The van der Waals surface area contributed by atoms with Gasteiger partial charge in [0.1, 0.15) is 0 Å². The summed E-state index contributed by atoms with van der Waals surface area (Å²) >= 11 is 0. The van der Waals surface area contributed by atoms with Crippen LogP contribution in [0.15, 0.2) is 18.2 Å². The van der Waals surface area contributed by atoms with Crippen LogP contribution in [0.4, 0.5) is 0 Å². The van der Waals surface area contributed by atoms with E-state index in [0.29, 0.717) is 5.92 Å². The molecule has 1 saturated heterocycles. The summed E-state index contributed by atoms with van der Waals surface area (Å²) in [5, 5.41) is 21.6. The van der Waals surface area contributed by atoms with E-state index in [-0.39, 0.29) is 12.5 Å². The standard InChI is InChI=1S/C13H16N2O/c1-9(8-16)12-4-2-3-10(5-14)13(12)11-6-15-7-11/h2-4,9,11,15-16H,6-8H2,1H3. The van der Waals surface area contributed by atoms with Gasteiger partial charge < -0.3 is 10.4 Å². The lowest BCUT2D eigenvalue weighted by Crippen LogP contribution is -2.41. The lowest BCUT2D eigenvalue weighted by atomic mass is 9.82. The van der Waals surface area contributed by atoms with Crippen molar-refractivity contribution in [1.82, 2.24) is 5.32 Å². The van der Waals surface area contributed by atoms with Crippen LogP contribution in [0.1, 0.15) is 35.4 Å². The van der Waals surface area contributed by atoms with Crippen LogP contribution >= 0.6 is 0 Å². The Labute approximate surface area is 95.7 Å². The molecule has 2 rings (SSSR count). The molecule has 0 amide bonds. The van der Waals surface area contributed by atoms with Crippen LogP contribution in [-0.2, 0) is 0 Å². The number of aliphatic hydroxyl groups is 1. The maximum Gasteiger partial charge on any atom is 0.0994 e. The first-order valence-corrected chi connectivity index (χ1v) is 5.62. The molecule has 0 spiro atoms. The zero-order chi connectivity index (χ0) is 11.5. The first kappa shape index (κ1) is 11.1. The molecule has 2 N–H and O–H groups in total. The van der Waals surface area contributed by atoms with E-state index in [1.54, 1.807) is 0 Å². The van der Waals surface area contributed by atoms with Gasteiger partial charge in [0.05, 0.1) is 11.6 Å². The first-order valence-electron chi connectivity index (χ1n) is 5.62. The van der Waals surface area contributed by atoms with Crippen LogP contribution in [-0.4, -0.2) is 24.8 Å². The monoisotopic (exact) mass is 216 g/mol. The molecule has 1 heterocycles. The van der Waals surface area contributed by atoms with Gasteiger partial charge in [0.25, 0.3) is 0 Å². The van der Waals surface area contributed by atoms with E-state index in [0.717, 1.165) is 29.8 Å². The fourth-order valence-corrected chi connectivity index (χ4v) is 2.16. The lowest BCUT2D eigenvalue weighted by molar-refractivity contribution is 0.271. The second-order valence-electron chi connectivity index (χ2n) is 4.36. The Balaban J connectivity index is 2.46. The maximum absolute atomic E-state index is 9.25. The third kappa shape index (κ3) is 1.82. The second-order valence-corrected chi connectivity index (χ2v) is 4.36. The van der Waals surface area contributed by atoms with E-state index >= 15 is 0 Å². The molecule has 1 fully saturated rings. The van der Waals surface area contributed by atoms with Gasteiger partial charge >= 0.3 is 0 Å². The number of hydrogen-bond acceptors (Lipinski definition) is 3. The third-order valence-electron chi connectivity index (χ3n) is 3.25. The third-order valence-corrected chi connectivity index (χ3v) is 3.25. The topological polar surface area (TPSA) is 56.0 Å². The van der Waals surface area contributed by atoms with Crippen molar-refractivity contribution in [2.45, 2.75) is 18.8 Å². The van der Waals surface area contributed by atoms with E-state index in [1.165, 1.54) is 0 Å². The number of nitrogens with zero attached hydrogens (tertiary/aromatic N) is 1. The minimum absolute atomic E-state index is 0.101. The number of hydrogen-bond donors (Lipinski definition) is 2. The van der Waals surface area contributed by atoms with Gasteiger partial charge in [-0.15, -0.1) is 0 Å². The summed E-state index contributed by atoms with van der Waals surface area (Å²) in [7, 11) is 0. The van der Waals surface area contributed by atoms with Crippen molar-refractivity contribution in [3.8, 4) is 6.07 Å². The van der Waals surface area contributed by atoms with Crippen molar-refractivity contribution in [3.63, 3.8) is 0 Å². The number of benzene rings is 1. The molecule has 3 heteroatoms. The van der Waals surface area contributed by atoms with E-state index in [9.17, 15) is 5.11 Å². The summed E-state index contributed by atoms with van der Waals surface area (Å²) in [5.41, 5.74) is 3.00. The van der Waals surface area contributed by atoms with Crippen LogP contribution in [0, 0.1) is 11.3 Å². The van der Waals surface area contributed by atoms with Crippen molar-refractivity contribution >= 4 is 0 Å². The molecular weight excluding hydrogens is 200 g/mol. The quantitative estimate of drug-likeness (QED) is 0.801. The fourth-order valence-electron chi connectivity index (χ4n) is 2.16. The SMILES string of the molecule is CC(CO)c1cccc(C#N)c1C1CNC1. The molecule has 0 bridgehead atoms. The molecule has 84 valence electrons. The number of rotatable bonds is 3. The second kappa shape index (κ2) is 4.65. The molecule has 3 nitrogen and oxygen atoms in total. The van der Waals surface area contributed by atoms with Gasteiger partial charge in [-0.05, 0) is 17.2 Å². The molecule has 1 aromatic rings. The average molecular weight is 216 g/mol. The van der Waals surface area contributed by atoms with Crippen LogP contribution in [0.5, 0.6) is 0 Å². The van der Waals surface area contributed by atoms with Crippen LogP contribution < -0.4 is 5.32 Å². The van der Waals surface area contributed by atoms with Crippen molar-refractivity contribution in [2.75, 3.05) is 19.7 Å². The predicted octanol–water partition coefficient (Wildman–Crippen LogP) is 1.34. The highest BCUT2D eigenvalue weighted by molar-refractivity contribution is 5.47. The highest BCUT2D eigenvalue weighted by atomic mass is 16.3. The molecule has 1 aromatic carbocycles. The average Bonchev–Trinajstić information content (AvgIpc) is 2.26. The minimum atomic E-state index is 0.101. The Morgan fingerprint density at radius 2 is 2.31 bits per heavy atom. The Hall–Kier alpha value is -1.37. The Kier molecular flexibility index (Phi) is 3.23. The molecular formula is C13H16N2O. The van der Waals surface area contributed by atoms with Crippen LogP contribution in [0.3, 0.4) is 0 Å². The fraction of sp³-hybridized carbons (Fsp3) is 0.462. The molecule has 0 aromatic heterocycles. The smallest absolute Gasteiger partial charge is 0.0994 e. The number of nitrogens with one attached hydrogen (secondary N) is 1. The van der Waals surface area contributed by atoms with Gasteiger partial charge in [-0.2, -0.15) is 5.26 Å². The van der Waals surface area contributed by atoms with Crippen molar-refractivity contribution < 1.29 is 5.11 Å². The molecule has 1 unspecified atom stereocenters. The number of aliphatic hydroxyl groups excluding tert-OH is 1. The Morgan fingerprint density at radius 1 is 1.56 bits per heavy atom. The predicted molar refractivity (Wildman–Crippen MR) is 62.3 cm³/mol. The molecule has 1 aliphatic heterocycles. The minimum Gasteiger partial charge on any atom is -0.396 e. The van der Waals surface area contributed by atoms with Gasteiger partial charge in [0, 0.05) is 31.5 Å². The highest BCUT2D eigenvalue weighted by Crippen LogP contribution is 2.31. The zero-order valence-electron chi connectivity index (χ0n) is 9.40. The van der Waals surface area contributed by atoms with E-state index in [2.05, 4.69) is 11.4 Å². The molecule has 1 atom stereocenters. The van der Waals surface area contributed by atoms with Gasteiger partial charge in [0.2, 0.25) is 0 Å². The van der Waals surface area contributed by atoms with E-state index in [1.807, 2.05) is 25.1 Å². The summed E-state index contributed by atoms with van der Waals surface area (Å²) in [6.45, 7) is 3.99. The van der Waals surface area contributed by atoms with Crippen LogP contribution in [0.2, 0.25) is 0 Å². The molecule has 0 saturated carbocycles. The number of nitriles is 1. The molecule has 1 aliphatic rings. The van der Waals surface area contributed by atoms with Gasteiger partial charge in [-0.25, -0.2) is 0 Å². The highest BCUT2D eigenvalue weighted by Gasteiger charge is 2.25. The van der Waals surface area contributed by atoms with Crippen LogP contribution in [0.25, 0.3) is 0 Å². The Bertz CT molecular complexity index is 418.